The third-order valence-electron chi connectivity index (χ3n) is 7.76. The molecule has 3 aromatic heterocycles. The zero-order valence-electron chi connectivity index (χ0n) is 19.0. The molecule has 0 amide bonds. The molecule has 1 saturated heterocycles. The van der Waals surface area contributed by atoms with Gasteiger partial charge >= 0.3 is 0 Å². The number of imidazole rings is 1. The topological polar surface area (TPSA) is 76.4 Å². The zero-order valence-corrected chi connectivity index (χ0v) is 19.0. The largest absolute Gasteiger partial charge is 0.495 e. The lowest BCUT2D eigenvalue weighted by molar-refractivity contribution is 0.00648. The Labute approximate surface area is 195 Å². The summed E-state index contributed by atoms with van der Waals surface area (Å²) < 4.78 is 50.9. The van der Waals surface area contributed by atoms with Crippen LogP contribution in [0.4, 0.5) is 19.0 Å². The Morgan fingerprint density at radius 2 is 2.03 bits per heavy atom. The van der Waals surface area contributed by atoms with Crippen molar-refractivity contribution in [1.29, 1.82) is 0 Å². The van der Waals surface area contributed by atoms with Gasteiger partial charge in [0.2, 0.25) is 0 Å². The van der Waals surface area contributed by atoms with Gasteiger partial charge in [0, 0.05) is 24.6 Å². The van der Waals surface area contributed by atoms with Crippen molar-refractivity contribution < 1.29 is 17.9 Å². The Hall–Kier alpha value is -2.88. The molecule has 7 nitrogen and oxygen atoms in total. The molecule has 3 aromatic rings. The standard InChI is InChI=1S/C24H27F3N6O/c1-34-19-8-20-29-12-18(33(20)32-21(19)13-9-24(10-13)4-2-5-24)22-15(26)7-16(27)23(31-22)30-17-11-28-6-3-14(17)25/h7-8,12-14,17,28H,2-6,9-11H2,1H3,(H,30,31)/t14-,17-/m0/s1. The van der Waals surface area contributed by atoms with Gasteiger partial charge in [-0.2, -0.15) is 5.10 Å². The Morgan fingerprint density at radius 3 is 2.74 bits per heavy atom. The maximum atomic E-state index is 14.9. The van der Waals surface area contributed by atoms with Crippen LogP contribution in [0.5, 0.6) is 5.75 Å². The van der Waals surface area contributed by atoms with Gasteiger partial charge in [-0.3, -0.25) is 0 Å². The smallest absolute Gasteiger partial charge is 0.168 e. The van der Waals surface area contributed by atoms with E-state index in [0.29, 0.717) is 42.0 Å². The molecule has 1 spiro atoms. The summed E-state index contributed by atoms with van der Waals surface area (Å²) in [5, 5.41) is 10.7. The van der Waals surface area contributed by atoms with E-state index in [-0.39, 0.29) is 17.4 Å². The van der Waals surface area contributed by atoms with Crippen LogP contribution in [0.1, 0.15) is 50.1 Å². The van der Waals surface area contributed by atoms with Crippen LogP contribution in [0.25, 0.3) is 17.0 Å². The number of piperidine rings is 1. The Morgan fingerprint density at radius 1 is 1.21 bits per heavy atom. The first-order chi connectivity index (χ1) is 16.5. The van der Waals surface area contributed by atoms with Crippen molar-refractivity contribution >= 4 is 11.5 Å². The zero-order chi connectivity index (χ0) is 23.4. The molecule has 6 rings (SSSR count). The summed E-state index contributed by atoms with van der Waals surface area (Å²) in [6.07, 6.45) is 6.59. The van der Waals surface area contributed by atoms with E-state index in [1.807, 2.05) is 0 Å². The van der Waals surface area contributed by atoms with Crippen molar-refractivity contribution in [2.24, 2.45) is 5.41 Å². The number of aromatic nitrogens is 4. The highest BCUT2D eigenvalue weighted by molar-refractivity contribution is 5.63. The van der Waals surface area contributed by atoms with Crippen molar-refractivity contribution in [2.75, 3.05) is 25.5 Å². The van der Waals surface area contributed by atoms with Gasteiger partial charge in [0.05, 0.1) is 19.3 Å². The highest BCUT2D eigenvalue weighted by Crippen LogP contribution is 2.62. The summed E-state index contributed by atoms with van der Waals surface area (Å²) >= 11 is 0. The summed E-state index contributed by atoms with van der Waals surface area (Å²) in [4.78, 5) is 8.56. The molecule has 3 fully saturated rings. The van der Waals surface area contributed by atoms with Crippen molar-refractivity contribution in [3.05, 3.63) is 35.7 Å². The monoisotopic (exact) mass is 472 g/mol. The first kappa shape index (κ1) is 21.6. The molecule has 0 unspecified atom stereocenters. The van der Waals surface area contributed by atoms with Gasteiger partial charge in [0.15, 0.2) is 23.1 Å². The van der Waals surface area contributed by atoms with E-state index >= 15 is 0 Å². The minimum atomic E-state index is -1.15. The number of hydrogen-bond acceptors (Lipinski definition) is 6. The fourth-order valence-electron chi connectivity index (χ4n) is 5.67. The van der Waals surface area contributed by atoms with Crippen LogP contribution in [0, 0.1) is 17.0 Å². The van der Waals surface area contributed by atoms with Crippen LogP contribution in [0.2, 0.25) is 0 Å². The number of nitrogens with one attached hydrogen (secondary N) is 2. The lowest BCUT2D eigenvalue weighted by Crippen LogP contribution is -2.46. The number of pyridine rings is 1. The maximum Gasteiger partial charge on any atom is 0.168 e. The number of ether oxygens (including phenoxy) is 1. The SMILES string of the molecule is COc1cc2ncc(-c3nc(N[C@H]4CNCC[C@@H]4F)c(F)cc3F)n2nc1C1CC2(CCC2)C1. The highest BCUT2D eigenvalue weighted by atomic mass is 19.1. The maximum absolute atomic E-state index is 14.9. The van der Waals surface area contributed by atoms with Crippen molar-refractivity contribution in [1.82, 2.24) is 24.9 Å². The Balaban J connectivity index is 1.37. The van der Waals surface area contributed by atoms with Crippen LogP contribution >= 0.6 is 0 Å². The minimum Gasteiger partial charge on any atom is -0.495 e. The number of hydrogen-bond donors (Lipinski definition) is 2. The third-order valence-corrected chi connectivity index (χ3v) is 7.76. The first-order valence-corrected chi connectivity index (χ1v) is 11.9. The van der Waals surface area contributed by atoms with Crippen LogP contribution in [0.15, 0.2) is 18.3 Å². The fraction of sp³-hybridized carbons (Fsp3) is 0.542. The molecule has 3 aliphatic rings. The van der Waals surface area contributed by atoms with Crippen molar-refractivity contribution in [3.63, 3.8) is 0 Å². The predicted molar refractivity (Wildman–Crippen MR) is 121 cm³/mol. The van der Waals surface area contributed by atoms with Crippen molar-refractivity contribution in [3.8, 4) is 17.1 Å². The molecule has 2 aliphatic carbocycles. The second-order valence-corrected chi connectivity index (χ2v) is 9.88. The molecule has 2 saturated carbocycles. The average Bonchev–Trinajstić information content (AvgIpc) is 3.17. The summed E-state index contributed by atoms with van der Waals surface area (Å²) in [5.41, 5.74) is 1.96. The van der Waals surface area contributed by atoms with Gasteiger partial charge in [0.1, 0.15) is 29.0 Å². The molecule has 0 aromatic carbocycles. The fourth-order valence-corrected chi connectivity index (χ4v) is 5.67. The van der Waals surface area contributed by atoms with Crippen LogP contribution in [0.3, 0.4) is 0 Å². The molecule has 180 valence electrons. The molecule has 2 atom stereocenters. The lowest BCUT2D eigenvalue weighted by atomic mass is 9.51. The predicted octanol–water partition coefficient (Wildman–Crippen LogP) is 4.24. The van der Waals surface area contributed by atoms with Gasteiger partial charge in [-0.15, -0.1) is 0 Å². The normalized spacial score (nSPS) is 24.1. The quantitative estimate of drug-likeness (QED) is 0.579. The molecular formula is C24H27F3N6O. The summed E-state index contributed by atoms with van der Waals surface area (Å²) in [5.74, 6) is -0.957. The van der Waals surface area contributed by atoms with Crippen LogP contribution < -0.4 is 15.4 Å². The van der Waals surface area contributed by atoms with E-state index in [9.17, 15) is 13.2 Å². The van der Waals surface area contributed by atoms with E-state index in [2.05, 4.69) is 20.6 Å². The lowest BCUT2D eigenvalue weighted by Gasteiger charge is -2.54. The van der Waals surface area contributed by atoms with E-state index in [1.165, 1.54) is 30.0 Å². The second kappa shape index (κ2) is 8.11. The highest BCUT2D eigenvalue weighted by Gasteiger charge is 2.49. The summed E-state index contributed by atoms with van der Waals surface area (Å²) in [7, 11) is 1.61. The van der Waals surface area contributed by atoms with Crippen molar-refractivity contribution in [2.45, 2.75) is 56.7 Å². The molecule has 0 bridgehead atoms. The molecule has 4 heterocycles. The Kier molecular flexibility index (Phi) is 5.16. The van der Waals surface area contributed by atoms with Crippen LogP contribution in [-0.2, 0) is 0 Å². The van der Waals surface area contributed by atoms with Gasteiger partial charge in [-0.05, 0) is 44.1 Å². The molecule has 10 heteroatoms. The number of alkyl halides is 1. The third kappa shape index (κ3) is 3.50. The van der Waals surface area contributed by atoms with E-state index in [4.69, 9.17) is 9.84 Å². The second-order valence-electron chi connectivity index (χ2n) is 9.88. The average molecular weight is 473 g/mol. The van der Waals surface area contributed by atoms with E-state index < -0.39 is 23.8 Å². The summed E-state index contributed by atoms with van der Waals surface area (Å²) in [6.45, 7) is 0.892. The van der Waals surface area contributed by atoms with E-state index in [1.54, 1.807) is 13.2 Å². The molecule has 2 N–H and O–H groups in total. The number of methoxy groups -OCH3 is 1. The van der Waals surface area contributed by atoms with Gasteiger partial charge < -0.3 is 15.4 Å². The number of anilines is 1. The first-order valence-electron chi connectivity index (χ1n) is 11.9. The van der Waals surface area contributed by atoms with Crippen LogP contribution in [-0.4, -0.2) is 52.0 Å². The van der Waals surface area contributed by atoms with Gasteiger partial charge in [0.25, 0.3) is 0 Å². The molecule has 1 aliphatic heterocycles. The number of fused-ring (bicyclic) bond motifs is 1. The number of nitrogens with zero attached hydrogens (tertiary/aromatic N) is 4. The molecule has 34 heavy (non-hydrogen) atoms. The molecule has 0 radical (unpaired) electrons. The number of halogens is 3. The van der Waals surface area contributed by atoms with E-state index in [0.717, 1.165) is 24.6 Å². The molecular weight excluding hydrogens is 445 g/mol. The minimum absolute atomic E-state index is 0.0942. The van der Waals surface area contributed by atoms with Gasteiger partial charge in [-0.1, -0.05) is 6.42 Å². The number of rotatable bonds is 5. The van der Waals surface area contributed by atoms with Gasteiger partial charge in [-0.25, -0.2) is 27.7 Å². The summed E-state index contributed by atoms with van der Waals surface area (Å²) in [6, 6.07) is 1.91. The Bertz CT molecular complexity index is 1240.